The molecule has 0 saturated heterocycles. The molecule has 0 radical (unpaired) electrons. The van der Waals surface area contributed by atoms with E-state index < -0.39 is 0 Å². The van der Waals surface area contributed by atoms with Crippen molar-refractivity contribution in [3.05, 3.63) is 39.3 Å². The Morgan fingerprint density at radius 1 is 1.29 bits per heavy atom. The van der Waals surface area contributed by atoms with Crippen LogP contribution >= 0.6 is 35.3 Å². The van der Waals surface area contributed by atoms with E-state index in [-0.39, 0.29) is 24.0 Å². The van der Waals surface area contributed by atoms with Gasteiger partial charge in [-0.25, -0.2) is 0 Å². The maximum Gasteiger partial charge on any atom is 0.191 e. The maximum absolute atomic E-state index is 4.62. The molecule has 134 valence electrons. The molecule has 2 N–H and O–H groups in total. The van der Waals surface area contributed by atoms with Crippen molar-refractivity contribution in [2.75, 3.05) is 13.6 Å². The number of thiophene rings is 1. The number of nitrogens with zero attached hydrogens (tertiary/aromatic N) is 3. The van der Waals surface area contributed by atoms with Crippen molar-refractivity contribution in [3.63, 3.8) is 0 Å². The summed E-state index contributed by atoms with van der Waals surface area (Å²) < 4.78 is 2.00. The van der Waals surface area contributed by atoms with Crippen molar-refractivity contribution >= 4 is 41.3 Å². The minimum Gasteiger partial charge on any atom is -0.356 e. The lowest BCUT2D eigenvalue weighted by Crippen LogP contribution is -2.38. The van der Waals surface area contributed by atoms with E-state index in [1.807, 2.05) is 18.8 Å². The van der Waals surface area contributed by atoms with Gasteiger partial charge in [-0.2, -0.15) is 5.10 Å². The zero-order valence-electron chi connectivity index (χ0n) is 14.9. The summed E-state index contributed by atoms with van der Waals surface area (Å²) in [6, 6.07) is 4.26. The molecule has 0 aliphatic carbocycles. The van der Waals surface area contributed by atoms with Gasteiger partial charge in [0.1, 0.15) is 0 Å². The fourth-order valence-corrected chi connectivity index (χ4v) is 3.45. The van der Waals surface area contributed by atoms with Crippen molar-refractivity contribution in [2.24, 2.45) is 12.0 Å². The third kappa shape index (κ3) is 5.47. The Bertz CT molecular complexity index is 634. The lowest BCUT2D eigenvalue weighted by atomic mass is 10.1. The van der Waals surface area contributed by atoms with Crippen LogP contribution in [0.2, 0.25) is 0 Å². The van der Waals surface area contributed by atoms with Gasteiger partial charge in [-0.05, 0) is 30.7 Å². The summed E-state index contributed by atoms with van der Waals surface area (Å²) in [6.07, 6.45) is 2.96. The molecule has 0 unspecified atom stereocenters. The third-order valence-electron chi connectivity index (χ3n) is 3.93. The Hall–Kier alpha value is -1.09. The van der Waals surface area contributed by atoms with Crippen molar-refractivity contribution < 1.29 is 0 Å². The van der Waals surface area contributed by atoms with E-state index >= 15 is 0 Å². The molecule has 2 aromatic heterocycles. The predicted molar refractivity (Wildman–Crippen MR) is 114 cm³/mol. The normalized spacial score (nSPS) is 11.2. The van der Waals surface area contributed by atoms with Gasteiger partial charge in [-0.1, -0.05) is 19.9 Å². The molecule has 0 bridgehead atoms. The molecular weight excluding hydrogens is 433 g/mol. The topological polar surface area (TPSA) is 54.2 Å². The number of hydrogen-bond acceptors (Lipinski definition) is 3. The van der Waals surface area contributed by atoms with Crippen LogP contribution in [-0.4, -0.2) is 29.3 Å². The molecule has 0 saturated carbocycles. The van der Waals surface area contributed by atoms with Crippen LogP contribution in [-0.2, 0) is 32.9 Å². The fraction of sp³-hybridized carbons (Fsp3) is 0.529. The monoisotopic (exact) mass is 461 g/mol. The maximum atomic E-state index is 4.62. The van der Waals surface area contributed by atoms with Gasteiger partial charge in [0.2, 0.25) is 0 Å². The smallest absolute Gasteiger partial charge is 0.191 e. The fourth-order valence-electron chi connectivity index (χ4n) is 2.75. The minimum atomic E-state index is 0. The highest BCUT2D eigenvalue weighted by Crippen LogP contribution is 2.15. The summed E-state index contributed by atoms with van der Waals surface area (Å²) in [6.45, 7) is 5.97. The molecule has 0 fully saturated rings. The molecule has 0 aliphatic rings. The average Bonchev–Trinajstić information content (AvgIpc) is 3.17. The minimum absolute atomic E-state index is 0. The van der Waals surface area contributed by atoms with E-state index in [1.54, 1.807) is 11.3 Å². The summed E-state index contributed by atoms with van der Waals surface area (Å²) in [4.78, 5) is 5.70. The second kappa shape index (κ2) is 10.7. The van der Waals surface area contributed by atoms with Crippen molar-refractivity contribution in [3.8, 4) is 0 Å². The van der Waals surface area contributed by atoms with Crippen LogP contribution in [0.15, 0.2) is 22.5 Å². The van der Waals surface area contributed by atoms with Crippen molar-refractivity contribution in [1.29, 1.82) is 0 Å². The standard InChI is InChI=1S/C17H27N5S.HI/c1-5-15-14(16(6-2)22(4)21-15)12-20-17(18-3)19-10-9-13-8-7-11-23-13;/h7-8,11H,5-6,9-10,12H2,1-4H3,(H2,18,19,20);1H. The van der Waals surface area contributed by atoms with Crippen LogP contribution in [0.5, 0.6) is 0 Å². The first-order valence-electron chi connectivity index (χ1n) is 8.20. The summed E-state index contributed by atoms with van der Waals surface area (Å²) in [5.41, 5.74) is 3.77. The molecular formula is C17H28IN5S. The Kier molecular flexibility index (Phi) is 9.35. The van der Waals surface area contributed by atoms with Gasteiger partial charge in [0.15, 0.2) is 5.96 Å². The molecule has 2 heterocycles. The lowest BCUT2D eigenvalue weighted by molar-refractivity contribution is 0.702. The van der Waals surface area contributed by atoms with Crippen LogP contribution in [0.4, 0.5) is 0 Å². The number of guanidine groups is 1. The van der Waals surface area contributed by atoms with Gasteiger partial charge >= 0.3 is 0 Å². The molecule has 2 rings (SSSR count). The predicted octanol–water partition coefficient (Wildman–Crippen LogP) is 3.13. The first-order chi connectivity index (χ1) is 11.2. The summed E-state index contributed by atoms with van der Waals surface area (Å²) in [7, 11) is 3.83. The largest absolute Gasteiger partial charge is 0.356 e. The lowest BCUT2D eigenvalue weighted by Gasteiger charge is -2.12. The highest BCUT2D eigenvalue weighted by molar-refractivity contribution is 14.0. The SMILES string of the molecule is CCc1nn(C)c(CC)c1CNC(=NC)NCCc1cccs1.I. The number of halogens is 1. The first kappa shape index (κ1) is 21.0. The van der Waals surface area contributed by atoms with E-state index in [2.05, 4.69) is 52.1 Å². The molecule has 0 aliphatic heterocycles. The number of nitrogens with one attached hydrogen (secondary N) is 2. The Labute approximate surface area is 166 Å². The Morgan fingerprint density at radius 2 is 2.08 bits per heavy atom. The average molecular weight is 461 g/mol. The first-order valence-corrected chi connectivity index (χ1v) is 9.08. The number of aromatic nitrogens is 2. The zero-order chi connectivity index (χ0) is 16.7. The summed E-state index contributed by atoms with van der Waals surface area (Å²) in [5.74, 6) is 0.842. The molecule has 0 aromatic carbocycles. The number of rotatable bonds is 7. The van der Waals surface area contributed by atoms with Gasteiger partial charge in [-0.3, -0.25) is 9.67 Å². The molecule has 5 nitrogen and oxygen atoms in total. The van der Waals surface area contributed by atoms with E-state index in [9.17, 15) is 0 Å². The van der Waals surface area contributed by atoms with E-state index in [1.165, 1.54) is 21.8 Å². The van der Waals surface area contributed by atoms with E-state index in [0.717, 1.165) is 38.3 Å². The van der Waals surface area contributed by atoms with Gasteiger partial charge in [0, 0.05) is 43.3 Å². The number of aliphatic imine (C=N–C) groups is 1. The van der Waals surface area contributed by atoms with E-state index in [4.69, 9.17) is 0 Å². The third-order valence-corrected chi connectivity index (χ3v) is 4.86. The van der Waals surface area contributed by atoms with Crippen LogP contribution in [0.25, 0.3) is 0 Å². The Balaban J connectivity index is 0.00000288. The number of aryl methyl sites for hydroxylation is 2. The molecule has 7 heteroatoms. The van der Waals surface area contributed by atoms with Gasteiger partial charge < -0.3 is 10.6 Å². The van der Waals surface area contributed by atoms with Crippen LogP contribution < -0.4 is 10.6 Å². The van der Waals surface area contributed by atoms with Crippen LogP contribution in [0.3, 0.4) is 0 Å². The second-order valence-electron chi connectivity index (χ2n) is 5.38. The molecule has 0 spiro atoms. The van der Waals surface area contributed by atoms with Crippen molar-refractivity contribution in [2.45, 2.75) is 39.7 Å². The van der Waals surface area contributed by atoms with Crippen LogP contribution in [0.1, 0.15) is 35.7 Å². The van der Waals surface area contributed by atoms with Crippen molar-refractivity contribution in [1.82, 2.24) is 20.4 Å². The molecule has 2 aromatic rings. The van der Waals surface area contributed by atoms with Gasteiger partial charge in [0.05, 0.1) is 5.69 Å². The summed E-state index contributed by atoms with van der Waals surface area (Å²) >= 11 is 1.79. The second-order valence-corrected chi connectivity index (χ2v) is 6.42. The highest BCUT2D eigenvalue weighted by Gasteiger charge is 2.13. The molecule has 0 atom stereocenters. The highest BCUT2D eigenvalue weighted by atomic mass is 127. The zero-order valence-corrected chi connectivity index (χ0v) is 18.1. The Morgan fingerprint density at radius 3 is 2.67 bits per heavy atom. The molecule has 0 amide bonds. The van der Waals surface area contributed by atoms with Crippen LogP contribution in [0, 0.1) is 0 Å². The summed E-state index contributed by atoms with van der Waals surface area (Å²) in [5, 5.41) is 13.5. The van der Waals surface area contributed by atoms with Gasteiger partial charge in [-0.15, -0.1) is 35.3 Å². The number of hydrogen-bond donors (Lipinski definition) is 2. The molecule has 24 heavy (non-hydrogen) atoms. The quantitative estimate of drug-likeness (QED) is 0.379. The van der Waals surface area contributed by atoms with Gasteiger partial charge in [0.25, 0.3) is 0 Å². The van der Waals surface area contributed by atoms with E-state index in [0.29, 0.717) is 0 Å².